The lowest BCUT2D eigenvalue weighted by molar-refractivity contribution is -0.122. The molecule has 0 fully saturated rings. The average molecular weight is 393 g/mol. The van der Waals surface area contributed by atoms with Gasteiger partial charge in [-0.2, -0.15) is 0 Å². The molecule has 7 heteroatoms. The fourth-order valence-corrected chi connectivity index (χ4v) is 1.92. The summed E-state index contributed by atoms with van der Waals surface area (Å²) < 4.78 is -0.665. The van der Waals surface area contributed by atoms with E-state index in [0.717, 1.165) is 11.4 Å². The third kappa shape index (κ3) is 6.08. The predicted molar refractivity (Wildman–Crippen MR) is 97.4 cm³/mol. The highest BCUT2D eigenvalue weighted by atomic mass is 79.9. The molecule has 2 heterocycles. The van der Waals surface area contributed by atoms with Gasteiger partial charge in [-0.05, 0) is 37.1 Å². The summed E-state index contributed by atoms with van der Waals surface area (Å²) in [6, 6.07) is 10.8. The number of amides is 3. The Morgan fingerprint density at radius 2 is 1.50 bits per heavy atom. The van der Waals surface area contributed by atoms with E-state index in [1.165, 1.54) is 0 Å². The van der Waals surface area contributed by atoms with Gasteiger partial charge in [0, 0.05) is 12.4 Å². The molecule has 2 aromatic rings. The molecule has 0 bridgehead atoms. The van der Waals surface area contributed by atoms with Gasteiger partial charge in [-0.15, -0.1) is 0 Å². The number of imide groups is 1. The van der Waals surface area contributed by atoms with Gasteiger partial charge in [-0.3, -0.25) is 20.1 Å². The van der Waals surface area contributed by atoms with E-state index in [2.05, 4.69) is 25.9 Å². The molecule has 128 valence electrons. The minimum Gasteiger partial charge on any atom is -0.351 e. The monoisotopic (exact) mass is 392 g/mol. The van der Waals surface area contributed by atoms with Crippen LogP contribution in [0.5, 0.6) is 0 Å². The van der Waals surface area contributed by atoms with Gasteiger partial charge in [0.1, 0.15) is 4.32 Å². The number of carbonyl (C=O) groups is 2. The number of nitrogens with zero attached hydrogens (tertiary/aromatic N) is 2. The molecule has 3 amide bonds. The van der Waals surface area contributed by atoms with Crippen LogP contribution in [0.2, 0.25) is 0 Å². The molecular formula is C17H21BrN4O2. The average Bonchev–Trinajstić information content (AvgIpc) is 2.62. The highest BCUT2D eigenvalue weighted by Crippen LogP contribution is 2.26. The summed E-state index contributed by atoms with van der Waals surface area (Å²) in [7, 11) is 0. The van der Waals surface area contributed by atoms with Crippen LogP contribution in [0.25, 0.3) is 11.4 Å². The predicted octanol–water partition coefficient (Wildman–Crippen LogP) is 3.28. The molecule has 2 rings (SSSR count). The van der Waals surface area contributed by atoms with Crippen LogP contribution in [0.4, 0.5) is 4.79 Å². The number of nitrogens with two attached hydrogens (primary N) is 1. The lowest BCUT2D eigenvalue weighted by Gasteiger charge is -2.21. The Kier molecular flexibility index (Phi) is 8.05. The van der Waals surface area contributed by atoms with E-state index in [0.29, 0.717) is 12.8 Å². The highest BCUT2D eigenvalue weighted by molar-refractivity contribution is 9.10. The van der Waals surface area contributed by atoms with Crippen molar-refractivity contribution in [3.05, 3.63) is 48.8 Å². The van der Waals surface area contributed by atoms with Crippen molar-refractivity contribution in [1.82, 2.24) is 15.3 Å². The summed E-state index contributed by atoms with van der Waals surface area (Å²) in [5.74, 6) is -0.375. The second-order valence-electron chi connectivity index (χ2n) is 4.92. The van der Waals surface area contributed by atoms with Crippen molar-refractivity contribution in [3.63, 3.8) is 0 Å². The van der Waals surface area contributed by atoms with Gasteiger partial charge >= 0.3 is 6.03 Å². The maximum Gasteiger partial charge on any atom is 0.318 e. The van der Waals surface area contributed by atoms with E-state index in [4.69, 9.17) is 5.73 Å². The molecule has 0 aliphatic heterocycles. The zero-order chi connectivity index (χ0) is 18.0. The van der Waals surface area contributed by atoms with E-state index in [9.17, 15) is 9.59 Å². The van der Waals surface area contributed by atoms with Gasteiger partial charge in [0.25, 0.3) is 0 Å². The summed E-state index contributed by atoms with van der Waals surface area (Å²) in [5.41, 5.74) is 6.64. The summed E-state index contributed by atoms with van der Waals surface area (Å²) in [5, 5.41) is 2.04. The lowest BCUT2D eigenvalue weighted by atomic mass is 10.0. The van der Waals surface area contributed by atoms with Crippen LogP contribution in [0.15, 0.2) is 48.8 Å². The number of rotatable bonds is 4. The third-order valence-corrected chi connectivity index (χ3v) is 4.84. The van der Waals surface area contributed by atoms with Crippen molar-refractivity contribution in [2.24, 2.45) is 5.73 Å². The number of nitrogens with one attached hydrogen (secondary N) is 1. The molecule has 2 aromatic heterocycles. The second-order valence-corrected chi connectivity index (χ2v) is 6.44. The third-order valence-electron chi connectivity index (χ3n) is 3.36. The Labute approximate surface area is 150 Å². The number of pyridine rings is 2. The number of halogens is 1. The number of primary amides is 1. The Morgan fingerprint density at radius 1 is 1.04 bits per heavy atom. The molecular weight excluding hydrogens is 372 g/mol. The molecule has 6 nitrogen and oxygen atoms in total. The molecule has 0 saturated heterocycles. The standard InChI is InChI=1S/C10H8N2.C7H13BrN2O2/c1-3-7-11-9(5-1)10-6-2-4-8-12-10;1-3-7(8,4-2)5(11)10-6(9)12/h1-8H;3-4H2,1-2H3,(H3,9,10,11,12). The van der Waals surface area contributed by atoms with Crippen molar-refractivity contribution < 1.29 is 9.59 Å². The number of hydrogen-bond donors (Lipinski definition) is 2. The van der Waals surface area contributed by atoms with E-state index < -0.39 is 10.4 Å². The van der Waals surface area contributed by atoms with Crippen LogP contribution >= 0.6 is 15.9 Å². The molecule has 0 atom stereocenters. The van der Waals surface area contributed by atoms with Crippen LogP contribution in [0.1, 0.15) is 26.7 Å². The lowest BCUT2D eigenvalue weighted by Crippen LogP contribution is -2.46. The van der Waals surface area contributed by atoms with Crippen LogP contribution in [-0.4, -0.2) is 26.2 Å². The fraction of sp³-hybridized carbons (Fsp3) is 0.294. The molecule has 3 N–H and O–H groups in total. The number of carbonyl (C=O) groups excluding carboxylic acids is 2. The van der Waals surface area contributed by atoms with Crippen molar-refractivity contribution in [1.29, 1.82) is 0 Å². The number of aromatic nitrogens is 2. The molecule has 0 aromatic carbocycles. The van der Waals surface area contributed by atoms with Crippen molar-refractivity contribution in [2.45, 2.75) is 31.0 Å². The van der Waals surface area contributed by atoms with Crippen LogP contribution < -0.4 is 11.1 Å². The van der Waals surface area contributed by atoms with Crippen molar-refractivity contribution in [3.8, 4) is 11.4 Å². The van der Waals surface area contributed by atoms with E-state index in [-0.39, 0.29) is 5.91 Å². The van der Waals surface area contributed by atoms with Gasteiger partial charge in [-0.25, -0.2) is 4.79 Å². The van der Waals surface area contributed by atoms with Crippen LogP contribution in [0.3, 0.4) is 0 Å². The smallest absolute Gasteiger partial charge is 0.318 e. The van der Waals surface area contributed by atoms with Crippen LogP contribution in [-0.2, 0) is 4.79 Å². The number of urea groups is 1. The normalized spacial score (nSPS) is 10.3. The minimum absolute atomic E-state index is 0.375. The van der Waals surface area contributed by atoms with Gasteiger partial charge < -0.3 is 5.73 Å². The summed E-state index contributed by atoms with van der Waals surface area (Å²) in [4.78, 5) is 30.0. The number of hydrogen-bond acceptors (Lipinski definition) is 4. The maximum atomic E-state index is 11.3. The van der Waals surface area contributed by atoms with Gasteiger partial charge in [0.15, 0.2) is 0 Å². The Balaban J connectivity index is 0.000000240. The number of alkyl halides is 1. The quantitative estimate of drug-likeness (QED) is 0.779. The first-order chi connectivity index (χ1) is 11.4. The first-order valence-electron chi connectivity index (χ1n) is 7.55. The Bertz CT molecular complexity index is 609. The topological polar surface area (TPSA) is 98.0 Å². The van der Waals surface area contributed by atoms with Gasteiger partial charge in [-0.1, -0.05) is 41.9 Å². The van der Waals surface area contributed by atoms with Gasteiger partial charge in [0.2, 0.25) is 5.91 Å². The van der Waals surface area contributed by atoms with Crippen molar-refractivity contribution >= 4 is 27.9 Å². The Morgan fingerprint density at radius 3 is 1.79 bits per heavy atom. The molecule has 0 saturated carbocycles. The first-order valence-corrected chi connectivity index (χ1v) is 8.34. The highest BCUT2D eigenvalue weighted by Gasteiger charge is 2.32. The molecule has 0 aliphatic rings. The second kappa shape index (κ2) is 9.77. The van der Waals surface area contributed by atoms with Crippen LogP contribution in [0, 0.1) is 0 Å². The molecule has 24 heavy (non-hydrogen) atoms. The SMILES string of the molecule is CCC(Br)(CC)C(=O)NC(N)=O.c1ccc(-c2ccccn2)nc1. The Hall–Kier alpha value is -2.28. The van der Waals surface area contributed by atoms with E-state index in [1.54, 1.807) is 12.4 Å². The zero-order valence-electron chi connectivity index (χ0n) is 13.7. The first kappa shape index (κ1) is 19.8. The minimum atomic E-state index is -0.814. The summed E-state index contributed by atoms with van der Waals surface area (Å²) >= 11 is 3.26. The molecule has 0 unspecified atom stereocenters. The molecule has 0 radical (unpaired) electrons. The largest absolute Gasteiger partial charge is 0.351 e. The zero-order valence-corrected chi connectivity index (χ0v) is 15.3. The van der Waals surface area contributed by atoms with Gasteiger partial charge in [0.05, 0.1) is 11.4 Å². The van der Waals surface area contributed by atoms with E-state index >= 15 is 0 Å². The fourth-order valence-electron chi connectivity index (χ4n) is 1.82. The van der Waals surface area contributed by atoms with E-state index in [1.807, 2.05) is 55.6 Å². The summed E-state index contributed by atoms with van der Waals surface area (Å²) in [6.07, 6.45) is 4.76. The summed E-state index contributed by atoms with van der Waals surface area (Å²) in [6.45, 7) is 3.72. The van der Waals surface area contributed by atoms with Crippen molar-refractivity contribution in [2.75, 3.05) is 0 Å². The molecule has 0 aliphatic carbocycles. The molecule has 0 spiro atoms. The maximum absolute atomic E-state index is 11.3.